The van der Waals surface area contributed by atoms with Gasteiger partial charge in [0.1, 0.15) is 5.76 Å². The van der Waals surface area contributed by atoms with Gasteiger partial charge in [0.15, 0.2) is 5.69 Å². The van der Waals surface area contributed by atoms with Gasteiger partial charge in [0.2, 0.25) is 10.0 Å². The van der Waals surface area contributed by atoms with E-state index in [2.05, 4.69) is 10.5 Å². The molecule has 8 heteroatoms. The van der Waals surface area contributed by atoms with Crippen LogP contribution in [-0.2, 0) is 16.4 Å². The highest BCUT2D eigenvalue weighted by Crippen LogP contribution is 2.31. The van der Waals surface area contributed by atoms with Crippen LogP contribution in [0.5, 0.6) is 0 Å². The Morgan fingerprint density at radius 1 is 1.38 bits per heavy atom. The molecule has 1 aliphatic rings. The summed E-state index contributed by atoms with van der Waals surface area (Å²) in [6.45, 7) is 3.84. The Hall–Kier alpha value is -2.35. The van der Waals surface area contributed by atoms with Crippen molar-refractivity contribution in [2.75, 3.05) is 21.9 Å². The lowest BCUT2D eigenvalue weighted by Gasteiger charge is -2.30. The molecule has 24 heavy (non-hydrogen) atoms. The van der Waals surface area contributed by atoms with Gasteiger partial charge in [0.05, 0.1) is 11.4 Å². The number of nitrogens with one attached hydrogen (secondary N) is 1. The van der Waals surface area contributed by atoms with Crippen molar-refractivity contribution < 1.29 is 17.7 Å². The first-order valence-corrected chi connectivity index (χ1v) is 9.39. The van der Waals surface area contributed by atoms with E-state index in [1.165, 1.54) is 4.31 Å². The number of fused-ring (bicyclic) bond motifs is 1. The summed E-state index contributed by atoms with van der Waals surface area (Å²) in [6.07, 6.45) is 1.53. The van der Waals surface area contributed by atoms with Gasteiger partial charge in [-0.1, -0.05) is 5.16 Å². The maximum atomic E-state index is 12.2. The van der Waals surface area contributed by atoms with Crippen LogP contribution in [-0.4, -0.2) is 31.8 Å². The Morgan fingerprint density at radius 3 is 2.83 bits per heavy atom. The van der Waals surface area contributed by atoms with E-state index in [4.69, 9.17) is 4.52 Å². The predicted octanol–water partition coefficient (Wildman–Crippen LogP) is 2.34. The Kier molecular flexibility index (Phi) is 4.31. The second kappa shape index (κ2) is 6.27. The summed E-state index contributed by atoms with van der Waals surface area (Å²) in [5.41, 5.74) is 2.42. The third-order valence-electron chi connectivity index (χ3n) is 3.97. The third kappa shape index (κ3) is 3.14. The van der Waals surface area contributed by atoms with Crippen LogP contribution in [0.4, 0.5) is 11.4 Å². The molecule has 0 spiro atoms. The highest BCUT2D eigenvalue weighted by molar-refractivity contribution is 7.92. The van der Waals surface area contributed by atoms with Gasteiger partial charge in [0, 0.05) is 18.3 Å². The van der Waals surface area contributed by atoms with Crippen LogP contribution in [0.15, 0.2) is 28.8 Å². The maximum absolute atomic E-state index is 12.2. The van der Waals surface area contributed by atoms with Crippen molar-refractivity contribution in [3.05, 3.63) is 41.3 Å². The third-order valence-corrected chi connectivity index (χ3v) is 5.76. The summed E-state index contributed by atoms with van der Waals surface area (Å²) in [4.78, 5) is 12.1. The Bertz CT molecular complexity index is 873. The molecule has 0 fully saturated rings. The van der Waals surface area contributed by atoms with Crippen molar-refractivity contribution in [3.63, 3.8) is 0 Å². The second-order valence-corrected chi connectivity index (χ2v) is 7.88. The average molecular weight is 349 g/mol. The van der Waals surface area contributed by atoms with E-state index in [0.717, 1.165) is 18.4 Å². The Balaban J connectivity index is 1.85. The first-order valence-electron chi connectivity index (χ1n) is 7.78. The van der Waals surface area contributed by atoms with E-state index in [-0.39, 0.29) is 17.4 Å². The number of hydrogen-bond acceptors (Lipinski definition) is 5. The minimum atomic E-state index is -3.29. The second-order valence-electron chi connectivity index (χ2n) is 5.70. The number of sulfonamides is 1. The summed E-state index contributed by atoms with van der Waals surface area (Å²) in [5, 5.41) is 6.44. The van der Waals surface area contributed by atoms with E-state index >= 15 is 0 Å². The van der Waals surface area contributed by atoms with Crippen LogP contribution >= 0.6 is 0 Å². The van der Waals surface area contributed by atoms with Crippen molar-refractivity contribution in [3.8, 4) is 0 Å². The maximum Gasteiger partial charge on any atom is 0.277 e. The molecule has 0 unspecified atom stereocenters. The Labute approximate surface area is 140 Å². The van der Waals surface area contributed by atoms with Crippen LogP contribution in [0.1, 0.15) is 35.2 Å². The lowest BCUT2D eigenvalue weighted by atomic mass is 10.0. The first-order chi connectivity index (χ1) is 11.4. The van der Waals surface area contributed by atoms with Crippen molar-refractivity contribution >= 4 is 27.3 Å². The van der Waals surface area contributed by atoms with Crippen LogP contribution in [0.2, 0.25) is 0 Å². The predicted molar refractivity (Wildman–Crippen MR) is 90.8 cm³/mol. The molecular formula is C16H19N3O4S. The molecular weight excluding hydrogens is 330 g/mol. The van der Waals surface area contributed by atoms with E-state index in [9.17, 15) is 13.2 Å². The zero-order valence-electron chi connectivity index (χ0n) is 13.6. The largest absolute Gasteiger partial charge is 0.361 e. The number of carbonyl (C=O) groups is 1. The van der Waals surface area contributed by atoms with Crippen LogP contribution in [0, 0.1) is 6.92 Å². The number of aromatic nitrogens is 1. The summed E-state index contributed by atoms with van der Waals surface area (Å²) >= 11 is 0. The first kappa shape index (κ1) is 16.5. The number of aryl methyl sites for hydroxylation is 2. The topological polar surface area (TPSA) is 92.5 Å². The highest BCUT2D eigenvalue weighted by Gasteiger charge is 2.26. The van der Waals surface area contributed by atoms with Gasteiger partial charge in [-0.2, -0.15) is 0 Å². The van der Waals surface area contributed by atoms with Gasteiger partial charge in [0.25, 0.3) is 5.91 Å². The number of nitrogens with zero attached hydrogens (tertiary/aromatic N) is 2. The lowest BCUT2D eigenvalue weighted by molar-refractivity contribution is 0.101. The van der Waals surface area contributed by atoms with Gasteiger partial charge in [-0.05, 0) is 50.5 Å². The normalized spacial score (nSPS) is 14.3. The SMILES string of the molecule is CCS(=O)(=O)N1CCCc2cc(NC(=O)c3cc(C)on3)ccc21. The summed E-state index contributed by atoms with van der Waals surface area (Å²) in [7, 11) is -3.29. The van der Waals surface area contributed by atoms with Crippen LogP contribution < -0.4 is 9.62 Å². The van der Waals surface area contributed by atoms with Gasteiger partial charge in [-0.15, -0.1) is 0 Å². The number of hydrogen-bond donors (Lipinski definition) is 1. The standard InChI is InChI=1S/C16H19N3O4S/c1-3-24(21,22)19-8-4-5-12-10-13(6-7-15(12)19)17-16(20)14-9-11(2)23-18-14/h6-7,9-10H,3-5,8H2,1-2H3,(H,17,20). The minimum Gasteiger partial charge on any atom is -0.361 e. The van der Waals surface area contributed by atoms with Gasteiger partial charge < -0.3 is 9.84 Å². The average Bonchev–Trinajstić information content (AvgIpc) is 3.00. The molecule has 0 saturated carbocycles. The molecule has 7 nitrogen and oxygen atoms in total. The van der Waals surface area contributed by atoms with E-state index < -0.39 is 10.0 Å². The fourth-order valence-corrected chi connectivity index (χ4v) is 3.95. The molecule has 1 aliphatic heterocycles. The number of rotatable bonds is 4. The van der Waals surface area contributed by atoms with Crippen LogP contribution in [0.25, 0.3) is 0 Å². The number of anilines is 2. The van der Waals surface area contributed by atoms with Crippen molar-refractivity contribution in [1.82, 2.24) is 5.16 Å². The molecule has 0 aliphatic carbocycles. The van der Waals surface area contributed by atoms with E-state index in [1.54, 1.807) is 32.0 Å². The molecule has 128 valence electrons. The molecule has 1 amide bonds. The number of amides is 1. The molecule has 3 rings (SSSR count). The quantitative estimate of drug-likeness (QED) is 0.914. The van der Waals surface area contributed by atoms with Crippen molar-refractivity contribution in [1.29, 1.82) is 0 Å². The zero-order valence-corrected chi connectivity index (χ0v) is 14.4. The zero-order chi connectivity index (χ0) is 17.3. The fraction of sp³-hybridized carbons (Fsp3) is 0.375. The van der Waals surface area contributed by atoms with E-state index in [1.807, 2.05) is 6.07 Å². The monoisotopic (exact) mass is 349 g/mol. The Morgan fingerprint density at radius 2 is 2.17 bits per heavy atom. The molecule has 1 aromatic carbocycles. The molecule has 0 radical (unpaired) electrons. The highest BCUT2D eigenvalue weighted by atomic mass is 32.2. The fourth-order valence-electron chi connectivity index (χ4n) is 2.75. The summed E-state index contributed by atoms with van der Waals surface area (Å²) in [5.74, 6) is 0.267. The summed E-state index contributed by atoms with van der Waals surface area (Å²) in [6, 6.07) is 6.82. The number of benzene rings is 1. The minimum absolute atomic E-state index is 0.0659. The van der Waals surface area contributed by atoms with Crippen molar-refractivity contribution in [2.24, 2.45) is 0 Å². The molecule has 0 atom stereocenters. The van der Waals surface area contributed by atoms with Gasteiger partial charge in [-0.25, -0.2) is 8.42 Å². The lowest BCUT2D eigenvalue weighted by Crippen LogP contribution is -2.36. The molecule has 0 saturated heterocycles. The van der Waals surface area contributed by atoms with Crippen molar-refractivity contribution in [2.45, 2.75) is 26.7 Å². The smallest absolute Gasteiger partial charge is 0.277 e. The van der Waals surface area contributed by atoms with Crippen LogP contribution in [0.3, 0.4) is 0 Å². The van der Waals surface area contributed by atoms with Gasteiger partial charge >= 0.3 is 0 Å². The molecule has 2 heterocycles. The molecule has 2 aromatic rings. The van der Waals surface area contributed by atoms with E-state index in [0.29, 0.717) is 23.7 Å². The summed E-state index contributed by atoms with van der Waals surface area (Å²) < 4.78 is 30.8. The molecule has 0 bridgehead atoms. The number of carbonyl (C=O) groups excluding carboxylic acids is 1. The molecule has 1 aromatic heterocycles. The molecule has 1 N–H and O–H groups in total. The van der Waals surface area contributed by atoms with Gasteiger partial charge in [-0.3, -0.25) is 9.10 Å².